The van der Waals surface area contributed by atoms with E-state index in [1.165, 1.54) is 6.92 Å². The Balaban J connectivity index is 4.67. The molecule has 0 saturated heterocycles. The van der Waals surface area contributed by atoms with Crippen LogP contribution in [0.1, 0.15) is 20.8 Å². The zero-order valence-electron chi connectivity index (χ0n) is 9.85. The number of rotatable bonds is 6. The van der Waals surface area contributed by atoms with Gasteiger partial charge in [0.15, 0.2) is 0 Å². The van der Waals surface area contributed by atoms with Crippen molar-refractivity contribution in [3.05, 3.63) is 0 Å². The Labute approximate surface area is 95.8 Å². The maximum Gasteiger partial charge on any atom is 0.238 e. The van der Waals surface area contributed by atoms with Crippen LogP contribution in [0.25, 0.3) is 0 Å². The summed E-state index contributed by atoms with van der Waals surface area (Å²) in [7, 11) is -3.46. The summed E-state index contributed by atoms with van der Waals surface area (Å²) in [5, 5.41) is 2.40. The second-order valence-electron chi connectivity index (χ2n) is 4.05. The molecule has 94 valence electrons. The van der Waals surface area contributed by atoms with E-state index in [2.05, 4.69) is 10.0 Å². The number of sulfonamides is 1. The van der Waals surface area contributed by atoms with E-state index in [0.717, 1.165) is 6.26 Å². The van der Waals surface area contributed by atoms with E-state index in [4.69, 9.17) is 0 Å². The van der Waals surface area contributed by atoms with Gasteiger partial charge in [0, 0.05) is 0 Å². The Kier molecular flexibility index (Phi) is 5.60. The lowest BCUT2D eigenvalue weighted by molar-refractivity contribution is -0.126. The number of hydrogen-bond acceptors (Lipinski definition) is 4. The van der Waals surface area contributed by atoms with Crippen LogP contribution in [0.5, 0.6) is 0 Å². The maximum absolute atomic E-state index is 11.6. The van der Waals surface area contributed by atoms with Crippen molar-refractivity contribution in [3.63, 3.8) is 0 Å². The third kappa shape index (κ3) is 5.82. The first-order valence-electron chi connectivity index (χ1n) is 4.90. The van der Waals surface area contributed by atoms with Crippen molar-refractivity contribution in [2.45, 2.75) is 32.9 Å². The van der Waals surface area contributed by atoms with Crippen molar-refractivity contribution in [2.75, 3.05) is 6.26 Å². The molecule has 0 rings (SSSR count). The molecule has 0 heterocycles. The summed E-state index contributed by atoms with van der Waals surface area (Å²) in [4.78, 5) is 22.0. The minimum Gasteiger partial charge on any atom is -0.345 e. The summed E-state index contributed by atoms with van der Waals surface area (Å²) in [5.41, 5.74) is 0. The lowest BCUT2D eigenvalue weighted by Crippen LogP contribution is -2.51. The molecule has 2 atom stereocenters. The number of hydrogen-bond donors (Lipinski definition) is 2. The predicted octanol–water partition coefficient (Wildman–Crippen LogP) is -0.736. The summed E-state index contributed by atoms with van der Waals surface area (Å²) < 4.78 is 24.3. The van der Waals surface area contributed by atoms with Gasteiger partial charge in [-0.1, -0.05) is 13.8 Å². The fourth-order valence-corrected chi connectivity index (χ4v) is 1.91. The molecule has 0 aromatic carbocycles. The van der Waals surface area contributed by atoms with E-state index in [1.54, 1.807) is 13.8 Å². The van der Waals surface area contributed by atoms with E-state index in [-0.39, 0.29) is 5.92 Å². The van der Waals surface area contributed by atoms with Crippen molar-refractivity contribution in [2.24, 2.45) is 5.92 Å². The molecule has 0 aliphatic heterocycles. The van der Waals surface area contributed by atoms with Gasteiger partial charge in [-0.2, -0.15) is 0 Å². The molecule has 7 heteroatoms. The summed E-state index contributed by atoms with van der Waals surface area (Å²) in [5.74, 6) is -0.700. The lowest BCUT2D eigenvalue weighted by atomic mass is 10.0. The number of carbonyl (C=O) groups is 2. The second-order valence-corrected chi connectivity index (χ2v) is 5.83. The number of aldehydes is 1. The Morgan fingerprint density at radius 3 is 2.06 bits per heavy atom. The Hall–Kier alpha value is -0.950. The van der Waals surface area contributed by atoms with Crippen LogP contribution in [0.3, 0.4) is 0 Å². The summed E-state index contributed by atoms with van der Waals surface area (Å²) in [6.45, 7) is 4.95. The Bertz CT molecular complexity index is 351. The highest BCUT2D eigenvalue weighted by Crippen LogP contribution is 2.03. The van der Waals surface area contributed by atoms with Gasteiger partial charge in [0.25, 0.3) is 0 Å². The first-order chi connectivity index (χ1) is 7.17. The highest BCUT2D eigenvalue weighted by atomic mass is 32.2. The molecule has 0 fully saturated rings. The highest BCUT2D eigenvalue weighted by Gasteiger charge is 2.25. The standard InChI is InChI=1S/C9H18N2O4S/c1-6(2)8(11-16(4,14)15)9(13)10-7(3)5-12/h5-8,11H,1-4H3,(H,10,13). The van der Waals surface area contributed by atoms with Gasteiger partial charge in [-0.05, 0) is 12.8 Å². The smallest absolute Gasteiger partial charge is 0.238 e. The monoisotopic (exact) mass is 250 g/mol. The average Bonchev–Trinajstić information content (AvgIpc) is 2.12. The minimum absolute atomic E-state index is 0.200. The summed E-state index contributed by atoms with van der Waals surface area (Å²) in [6.07, 6.45) is 1.56. The Morgan fingerprint density at radius 2 is 1.75 bits per heavy atom. The predicted molar refractivity (Wildman–Crippen MR) is 60.3 cm³/mol. The average molecular weight is 250 g/mol. The zero-order chi connectivity index (χ0) is 12.9. The number of carbonyl (C=O) groups excluding carboxylic acids is 2. The van der Waals surface area contributed by atoms with Crippen LogP contribution >= 0.6 is 0 Å². The maximum atomic E-state index is 11.6. The van der Waals surface area contributed by atoms with Crippen LogP contribution in [-0.2, 0) is 19.6 Å². The molecule has 6 nitrogen and oxygen atoms in total. The van der Waals surface area contributed by atoms with Gasteiger partial charge in [-0.25, -0.2) is 13.1 Å². The highest BCUT2D eigenvalue weighted by molar-refractivity contribution is 7.88. The number of nitrogens with one attached hydrogen (secondary N) is 2. The molecule has 2 N–H and O–H groups in total. The van der Waals surface area contributed by atoms with Crippen LogP contribution in [0, 0.1) is 5.92 Å². The fraction of sp³-hybridized carbons (Fsp3) is 0.778. The minimum atomic E-state index is -3.46. The first kappa shape index (κ1) is 15.0. The molecule has 0 aromatic rings. The van der Waals surface area contributed by atoms with Crippen LogP contribution in [0.4, 0.5) is 0 Å². The van der Waals surface area contributed by atoms with Crippen molar-refractivity contribution in [1.82, 2.24) is 10.0 Å². The van der Waals surface area contributed by atoms with Crippen LogP contribution in [0.15, 0.2) is 0 Å². The van der Waals surface area contributed by atoms with Crippen LogP contribution in [-0.4, -0.2) is 39.0 Å². The van der Waals surface area contributed by atoms with Gasteiger partial charge in [0.05, 0.1) is 12.3 Å². The van der Waals surface area contributed by atoms with Gasteiger partial charge in [-0.3, -0.25) is 4.79 Å². The zero-order valence-corrected chi connectivity index (χ0v) is 10.7. The molecule has 0 saturated carbocycles. The summed E-state index contributed by atoms with van der Waals surface area (Å²) in [6, 6.07) is -1.49. The normalized spacial score (nSPS) is 15.6. The van der Waals surface area contributed by atoms with Crippen molar-refractivity contribution >= 4 is 22.2 Å². The van der Waals surface area contributed by atoms with Crippen LogP contribution in [0.2, 0.25) is 0 Å². The van der Waals surface area contributed by atoms with Gasteiger partial charge >= 0.3 is 0 Å². The lowest BCUT2D eigenvalue weighted by Gasteiger charge is -2.21. The molecule has 16 heavy (non-hydrogen) atoms. The molecule has 2 unspecified atom stereocenters. The first-order valence-corrected chi connectivity index (χ1v) is 6.79. The van der Waals surface area contributed by atoms with Gasteiger partial charge < -0.3 is 10.1 Å². The molecule has 0 aliphatic carbocycles. The molecule has 0 aliphatic rings. The topological polar surface area (TPSA) is 92.3 Å². The van der Waals surface area contributed by atoms with Crippen molar-refractivity contribution in [3.8, 4) is 0 Å². The SMILES string of the molecule is CC(C=O)NC(=O)C(NS(C)(=O)=O)C(C)C. The Morgan fingerprint density at radius 1 is 1.25 bits per heavy atom. The quantitative estimate of drug-likeness (QED) is 0.607. The van der Waals surface area contributed by atoms with Crippen molar-refractivity contribution < 1.29 is 18.0 Å². The molecular weight excluding hydrogens is 232 g/mol. The molecule has 1 amide bonds. The third-order valence-corrected chi connectivity index (χ3v) is 2.55. The van der Waals surface area contributed by atoms with Gasteiger partial charge in [0.2, 0.25) is 15.9 Å². The van der Waals surface area contributed by atoms with Gasteiger partial charge in [0.1, 0.15) is 12.3 Å². The molecule has 0 spiro atoms. The number of amides is 1. The van der Waals surface area contributed by atoms with E-state index in [0.29, 0.717) is 6.29 Å². The second kappa shape index (κ2) is 5.95. The van der Waals surface area contributed by atoms with Gasteiger partial charge in [-0.15, -0.1) is 0 Å². The molecule has 0 bridgehead atoms. The molecule has 0 radical (unpaired) electrons. The van der Waals surface area contributed by atoms with E-state index < -0.39 is 28.0 Å². The van der Waals surface area contributed by atoms with E-state index in [9.17, 15) is 18.0 Å². The molecular formula is C9H18N2O4S. The fourth-order valence-electron chi connectivity index (χ4n) is 1.07. The van der Waals surface area contributed by atoms with E-state index in [1.807, 2.05) is 0 Å². The molecule has 0 aromatic heterocycles. The van der Waals surface area contributed by atoms with Crippen molar-refractivity contribution in [1.29, 1.82) is 0 Å². The largest absolute Gasteiger partial charge is 0.345 e. The van der Waals surface area contributed by atoms with E-state index >= 15 is 0 Å². The van der Waals surface area contributed by atoms with Crippen LogP contribution < -0.4 is 10.0 Å². The third-order valence-electron chi connectivity index (χ3n) is 1.86. The summed E-state index contributed by atoms with van der Waals surface area (Å²) >= 11 is 0.